The van der Waals surface area contributed by atoms with Crippen LogP contribution in [0.5, 0.6) is 0 Å². The third-order valence-corrected chi connectivity index (χ3v) is 4.88. The van der Waals surface area contributed by atoms with Crippen LogP contribution >= 0.6 is 27.7 Å². The molecule has 0 radical (unpaired) electrons. The van der Waals surface area contributed by atoms with Gasteiger partial charge >= 0.3 is 0 Å². The molecule has 1 N–H and O–H groups in total. The van der Waals surface area contributed by atoms with Crippen LogP contribution in [0.2, 0.25) is 0 Å². The van der Waals surface area contributed by atoms with E-state index in [9.17, 15) is 14.9 Å². The Kier molecular flexibility index (Phi) is 6.81. The molecule has 24 heavy (non-hydrogen) atoms. The molecule has 0 aliphatic heterocycles. The molecule has 2 aromatic carbocycles. The van der Waals surface area contributed by atoms with Crippen molar-refractivity contribution in [1.82, 2.24) is 5.32 Å². The number of benzene rings is 2. The van der Waals surface area contributed by atoms with Gasteiger partial charge in [-0.3, -0.25) is 14.9 Å². The molecule has 0 saturated heterocycles. The van der Waals surface area contributed by atoms with Crippen molar-refractivity contribution in [1.29, 1.82) is 0 Å². The van der Waals surface area contributed by atoms with E-state index < -0.39 is 4.92 Å². The first-order valence-corrected chi connectivity index (χ1v) is 9.12. The number of hydrogen-bond donors (Lipinski definition) is 1. The molecule has 0 fully saturated rings. The van der Waals surface area contributed by atoms with E-state index in [1.165, 1.54) is 17.8 Å². The van der Waals surface area contributed by atoms with Crippen molar-refractivity contribution in [2.24, 2.45) is 0 Å². The van der Waals surface area contributed by atoms with Gasteiger partial charge in [-0.2, -0.15) is 0 Å². The summed E-state index contributed by atoms with van der Waals surface area (Å²) >= 11 is 4.66. The van der Waals surface area contributed by atoms with Gasteiger partial charge in [-0.15, -0.1) is 0 Å². The van der Waals surface area contributed by atoms with Crippen molar-refractivity contribution in [3.63, 3.8) is 0 Å². The van der Waals surface area contributed by atoms with Gasteiger partial charge in [0, 0.05) is 27.5 Å². The minimum absolute atomic E-state index is 0.0638. The van der Waals surface area contributed by atoms with Crippen LogP contribution in [0.25, 0.3) is 0 Å². The second-order valence-electron chi connectivity index (χ2n) is 5.11. The Labute approximate surface area is 153 Å². The van der Waals surface area contributed by atoms with Crippen LogP contribution in [-0.2, 0) is 0 Å². The van der Waals surface area contributed by atoms with Crippen LogP contribution in [0.3, 0.4) is 0 Å². The summed E-state index contributed by atoms with van der Waals surface area (Å²) in [7, 11) is 0. The fraction of sp³-hybridized carbons (Fsp3) is 0.235. The molecule has 2 rings (SSSR count). The predicted molar refractivity (Wildman–Crippen MR) is 98.6 cm³/mol. The van der Waals surface area contributed by atoms with Crippen molar-refractivity contribution in [2.45, 2.75) is 29.6 Å². The van der Waals surface area contributed by atoms with E-state index in [2.05, 4.69) is 21.2 Å². The molecule has 7 heteroatoms. The fourth-order valence-electron chi connectivity index (χ4n) is 2.00. The zero-order chi connectivity index (χ0) is 17.5. The van der Waals surface area contributed by atoms with E-state index in [4.69, 9.17) is 0 Å². The third-order valence-electron chi connectivity index (χ3n) is 3.28. The molecule has 1 amide bonds. The number of nitrogens with one attached hydrogen (secondary N) is 1. The zero-order valence-corrected chi connectivity index (χ0v) is 15.5. The van der Waals surface area contributed by atoms with Crippen molar-refractivity contribution in [2.75, 3.05) is 6.54 Å². The number of amides is 1. The lowest BCUT2D eigenvalue weighted by Crippen LogP contribution is -2.24. The molecule has 5 nitrogen and oxygen atoms in total. The number of unbranched alkanes of at least 4 members (excludes halogenated alkanes) is 1. The summed E-state index contributed by atoms with van der Waals surface area (Å²) < 4.78 is 0.945. The molecule has 0 spiro atoms. The minimum Gasteiger partial charge on any atom is -0.352 e. The number of rotatable bonds is 7. The Bertz CT molecular complexity index is 735. The maximum absolute atomic E-state index is 12.1. The van der Waals surface area contributed by atoms with E-state index in [1.807, 2.05) is 31.2 Å². The Balaban J connectivity index is 2.21. The topological polar surface area (TPSA) is 72.2 Å². The lowest BCUT2D eigenvalue weighted by molar-refractivity contribution is -0.387. The van der Waals surface area contributed by atoms with E-state index in [1.54, 1.807) is 12.1 Å². The quantitative estimate of drug-likeness (QED) is 0.395. The molecule has 0 atom stereocenters. The SMILES string of the molecule is CCCCNC(=O)c1ccc(Sc2ccc(Br)cc2)c([N+](=O)[O-])c1. The number of nitro benzene ring substituents is 1. The van der Waals surface area contributed by atoms with Crippen LogP contribution in [0.15, 0.2) is 56.7 Å². The number of carbonyl (C=O) groups excluding carboxylic acids is 1. The summed E-state index contributed by atoms with van der Waals surface area (Å²) in [5.74, 6) is -0.285. The van der Waals surface area contributed by atoms with Gasteiger partial charge in [0.1, 0.15) is 0 Å². The van der Waals surface area contributed by atoms with Crippen LogP contribution in [0.4, 0.5) is 5.69 Å². The summed E-state index contributed by atoms with van der Waals surface area (Å²) in [5.41, 5.74) is 0.240. The number of hydrogen-bond acceptors (Lipinski definition) is 4. The van der Waals surface area contributed by atoms with Crippen LogP contribution in [0, 0.1) is 10.1 Å². The van der Waals surface area contributed by atoms with Gasteiger partial charge in [-0.1, -0.05) is 41.0 Å². The van der Waals surface area contributed by atoms with E-state index in [0.717, 1.165) is 22.2 Å². The zero-order valence-electron chi connectivity index (χ0n) is 13.1. The molecular weight excluding hydrogens is 392 g/mol. The van der Waals surface area contributed by atoms with Crippen LogP contribution < -0.4 is 5.32 Å². The highest BCUT2D eigenvalue weighted by atomic mass is 79.9. The maximum atomic E-state index is 12.1. The first-order valence-electron chi connectivity index (χ1n) is 7.51. The van der Waals surface area contributed by atoms with Gasteiger partial charge in [-0.05, 0) is 42.8 Å². The van der Waals surface area contributed by atoms with Gasteiger partial charge in [0.05, 0.1) is 9.82 Å². The first kappa shape index (κ1) is 18.5. The smallest absolute Gasteiger partial charge is 0.284 e. The normalized spacial score (nSPS) is 10.4. The summed E-state index contributed by atoms with van der Waals surface area (Å²) in [6, 6.07) is 12.1. The van der Waals surface area contributed by atoms with Crippen LogP contribution in [0.1, 0.15) is 30.1 Å². The van der Waals surface area contributed by atoms with E-state index in [-0.39, 0.29) is 11.6 Å². The highest BCUT2D eigenvalue weighted by molar-refractivity contribution is 9.10. The lowest BCUT2D eigenvalue weighted by atomic mass is 10.2. The molecule has 0 aliphatic carbocycles. The third kappa shape index (κ3) is 5.07. The molecule has 0 aliphatic rings. The minimum atomic E-state index is -0.454. The molecule has 0 unspecified atom stereocenters. The summed E-state index contributed by atoms with van der Waals surface area (Å²) in [4.78, 5) is 24.4. The van der Waals surface area contributed by atoms with Crippen molar-refractivity contribution in [3.05, 3.63) is 62.6 Å². The van der Waals surface area contributed by atoms with Crippen molar-refractivity contribution < 1.29 is 9.72 Å². The maximum Gasteiger partial charge on any atom is 0.284 e. The number of carbonyl (C=O) groups is 1. The molecule has 0 aromatic heterocycles. The monoisotopic (exact) mass is 408 g/mol. The van der Waals surface area contributed by atoms with Crippen molar-refractivity contribution >= 4 is 39.3 Å². The Morgan fingerprint density at radius 2 is 1.96 bits per heavy atom. The van der Waals surface area contributed by atoms with Crippen LogP contribution in [-0.4, -0.2) is 17.4 Å². The predicted octanol–water partition coefficient (Wildman–Crippen LogP) is 5.04. The molecule has 0 bridgehead atoms. The number of halogens is 1. The average Bonchev–Trinajstić information content (AvgIpc) is 2.57. The summed E-state index contributed by atoms with van der Waals surface area (Å²) in [6.07, 6.45) is 1.86. The summed E-state index contributed by atoms with van der Waals surface area (Å²) in [6.45, 7) is 2.60. The molecule has 0 heterocycles. The Morgan fingerprint density at radius 3 is 2.58 bits per heavy atom. The Morgan fingerprint density at radius 1 is 1.25 bits per heavy atom. The average molecular weight is 409 g/mol. The molecule has 0 saturated carbocycles. The fourth-order valence-corrected chi connectivity index (χ4v) is 3.16. The van der Waals surface area contributed by atoms with Crippen molar-refractivity contribution in [3.8, 4) is 0 Å². The molecular formula is C17H17BrN2O3S. The molecule has 2 aromatic rings. The Hall–Kier alpha value is -1.86. The second-order valence-corrected chi connectivity index (χ2v) is 7.14. The van der Waals surface area contributed by atoms with Gasteiger partial charge < -0.3 is 5.32 Å². The highest BCUT2D eigenvalue weighted by Crippen LogP contribution is 2.35. The molecule has 126 valence electrons. The van der Waals surface area contributed by atoms with Gasteiger partial charge in [-0.25, -0.2) is 0 Å². The second kappa shape index (κ2) is 8.84. The lowest BCUT2D eigenvalue weighted by Gasteiger charge is -2.07. The summed E-state index contributed by atoms with van der Waals surface area (Å²) in [5, 5.41) is 14.1. The van der Waals surface area contributed by atoms with Gasteiger partial charge in [0.2, 0.25) is 0 Å². The number of nitrogens with zero attached hydrogens (tertiary/aromatic N) is 1. The van der Waals surface area contributed by atoms with E-state index in [0.29, 0.717) is 17.0 Å². The number of nitro groups is 1. The van der Waals surface area contributed by atoms with E-state index >= 15 is 0 Å². The standard InChI is InChI=1S/C17H17BrN2O3S/c1-2-3-10-19-17(21)12-4-9-16(15(11-12)20(22)23)24-14-7-5-13(18)6-8-14/h4-9,11H,2-3,10H2,1H3,(H,19,21). The highest BCUT2D eigenvalue weighted by Gasteiger charge is 2.18. The van der Waals surface area contributed by atoms with Gasteiger partial charge in [0.25, 0.3) is 11.6 Å². The first-order chi connectivity index (χ1) is 11.5. The van der Waals surface area contributed by atoms with Gasteiger partial charge in [0.15, 0.2) is 0 Å². The largest absolute Gasteiger partial charge is 0.352 e.